The quantitative estimate of drug-likeness (QED) is 0.245. The van der Waals surface area contributed by atoms with Gasteiger partial charge in [-0.05, 0) is 12.5 Å². The molecule has 0 heterocycles. The Kier molecular flexibility index (Phi) is 4.49. The van der Waals surface area contributed by atoms with E-state index in [0.29, 0.717) is 24.3 Å². The maximum Gasteiger partial charge on any atom is 0.273 e. The second kappa shape index (κ2) is 5.89. The molecule has 1 aromatic rings. The Labute approximate surface area is 92.4 Å². The summed E-state index contributed by atoms with van der Waals surface area (Å²) in [6.45, 7) is 0.617. The first kappa shape index (κ1) is 12.2. The normalized spacial score (nSPS) is 9.88. The summed E-state index contributed by atoms with van der Waals surface area (Å²) in [5, 5.41) is 22.2. The molecular formula is C9H14N4O3. The van der Waals surface area contributed by atoms with E-state index in [2.05, 4.69) is 10.7 Å². The average molecular weight is 226 g/mol. The number of nitrogens with two attached hydrogens (primary N) is 1. The number of nitrogen functional groups attached to an aromatic ring is 1. The van der Waals surface area contributed by atoms with Crippen LogP contribution in [0.1, 0.15) is 6.42 Å². The topological polar surface area (TPSA) is 113 Å². The maximum atomic E-state index is 10.6. The predicted octanol–water partition coefficient (Wildman–Crippen LogP) is 0.675. The summed E-state index contributed by atoms with van der Waals surface area (Å²) < 4.78 is 0. The molecule has 7 heteroatoms. The van der Waals surface area contributed by atoms with Crippen molar-refractivity contribution in [3.05, 3.63) is 28.3 Å². The number of hydrogen-bond acceptors (Lipinski definition) is 6. The van der Waals surface area contributed by atoms with Crippen LogP contribution < -0.4 is 16.6 Å². The third-order valence-electron chi connectivity index (χ3n) is 1.96. The Bertz CT molecular complexity index is 370. The van der Waals surface area contributed by atoms with Gasteiger partial charge in [-0.1, -0.05) is 0 Å². The molecule has 0 amide bonds. The lowest BCUT2D eigenvalue weighted by atomic mass is 10.2. The van der Waals surface area contributed by atoms with Gasteiger partial charge in [-0.3, -0.25) is 16.0 Å². The van der Waals surface area contributed by atoms with Crippen LogP contribution in [0.5, 0.6) is 0 Å². The molecule has 7 nitrogen and oxygen atoms in total. The van der Waals surface area contributed by atoms with Crippen molar-refractivity contribution in [3.63, 3.8) is 0 Å². The zero-order valence-corrected chi connectivity index (χ0v) is 8.64. The van der Waals surface area contributed by atoms with Gasteiger partial charge in [0.15, 0.2) is 0 Å². The number of nitro benzene ring substituents is 1. The molecule has 5 N–H and O–H groups in total. The zero-order valence-electron chi connectivity index (χ0n) is 8.64. The van der Waals surface area contributed by atoms with E-state index in [-0.39, 0.29) is 12.3 Å². The monoisotopic (exact) mass is 226 g/mol. The zero-order chi connectivity index (χ0) is 12.0. The van der Waals surface area contributed by atoms with Crippen LogP contribution in [0.15, 0.2) is 18.2 Å². The number of nitrogens with zero attached hydrogens (tertiary/aromatic N) is 1. The summed E-state index contributed by atoms with van der Waals surface area (Å²) in [5.41, 5.74) is 3.37. The van der Waals surface area contributed by atoms with E-state index in [4.69, 9.17) is 10.9 Å². The van der Waals surface area contributed by atoms with E-state index < -0.39 is 4.92 Å². The highest BCUT2D eigenvalue weighted by Crippen LogP contribution is 2.23. The van der Waals surface area contributed by atoms with Crippen molar-refractivity contribution in [1.82, 2.24) is 0 Å². The highest BCUT2D eigenvalue weighted by atomic mass is 16.6. The van der Waals surface area contributed by atoms with Gasteiger partial charge in [0.25, 0.3) is 5.69 Å². The first-order valence-electron chi connectivity index (χ1n) is 4.78. The Morgan fingerprint density at radius 2 is 2.06 bits per heavy atom. The molecule has 0 saturated heterocycles. The van der Waals surface area contributed by atoms with Crippen LogP contribution in [0.25, 0.3) is 0 Å². The standard InChI is InChI=1S/C9H14N4O3/c10-12-8-4-7(11-2-1-3-14)5-9(6-8)13(15)16/h4-6,11-12,14H,1-3,10H2. The highest BCUT2D eigenvalue weighted by Gasteiger charge is 2.08. The third-order valence-corrected chi connectivity index (χ3v) is 1.96. The van der Waals surface area contributed by atoms with Crippen LogP contribution in [0.2, 0.25) is 0 Å². The number of nitro groups is 1. The lowest BCUT2D eigenvalue weighted by Crippen LogP contribution is -2.09. The summed E-state index contributed by atoms with van der Waals surface area (Å²) in [7, 11) is 0. The van der Waals surface area contributed by atoms with E-state index in [0.717, 1.165) is 0 Å². The molecule has 0 aromatic heterocycles. The molecule has 0 unspecified atom stereocenters. The minimum Gasteiger partial charge on any atom is -0.396 e. The van der Waals surface area contributed by atoms with Gasteiger partial charge in [0, 0.05) is 31.0 Å². The van der Waals surface area contributed by atoms with E-state index >= 15 is 0 Å². The van der Waals surface area contributed by atoms with Crippen molar-refractivity contribution in [1.29, 1.82) is 0 Å². The van der Waals surface area contributed by atoms with Gasteiger partial charge in [-0.25, -0.2) is 0 Å². The Hall–Kier alpha value is -1.86. The summed E-state index contributed by atoms with van der Waals surface area (Å²) in [5.74, 6) is 5.20. The van der Waals surface area contributed by atoms with E-state index in [1.54, 1.807) is 6.07 Å². The predicted molar refractivity (Wildman–Crippen MR) is 61.1 cm³/mol. The number of nitrogens with one attached hydrogen (secondary N) is 2. The minimum absolute atomic E-state index is 0.0399. The molecule has 0 aliphatic carbocycles. The number of hydrazine groups is 1. The molecule has 1 rings (SSSR count). The number of rotatable bonds is 6. The molecule has 16 heavy (non-hydrogen) atoms. The molecule has 0 saturated carbocycles. The van der Waals surface area contributed by atoms with Crippen LogP contribution >= 0.6 is 0 Å². The van der Waals surface area contributed by atoms with Gasteiger partial charge >= 0.3 is 0 Å². The van der Waals surface area contributed by atoms with Gasteiger partial charge < -0.3 is 15.8 Å². The van der Waals surface area contributed by atoms with Gasteiger partial charge in [0.05, 0.1) is 10.6 Å². The lowest BCUT2D eigenvalue weighted by Gasteiger charge is -2.07. The van der Waals surface area contributed by atoms with Crippen LogP contribution in [-0.2, 0) is 0 Å². The van der Waals surface area contributed by atoms with Crippen molar-refractivity contribution in [3.8, 4) is 0 Å². The van der Waals surface area contributed by atoms with Crippen molar-refractivity contribution in [2.45, 2.75) is 6.42 Å². The van der Waals surface area contributed by atoms with Crippen molar-refractivity contribution in [2.24, 2.45) is 5.84 Å². The number of hydrogen-bond donors (Lipinski definition) is 4. The van der Waals surface area contributed by atoms with Gasteiger partial charge in [-0.2, -0.15) is 0 Å². The van der Waals surface area contributed by atoms with Crippen LogP contribution in [0, 0.1) is 10.1 Å². The van der Waals surface area contributed by atoms with Crippen LogP contribution in [0.3, 0.4) is 0 Å². The fraction of sp³-hybridized carbons (Fsp3) is 0.333. The number of benzene rings is 1. The molecule has 1 aromatic carbocycles. The summed E-state index contributed by atoms with van der Waals surface area (Å²) in [6.07, 6.45) is 0.577. The molecule has 0 bridgehead atoms. The van der Waals surface area contributed by atoms with Gasteiger partial charge in [-0.15, -0.1) is 0 Å². The second-order valence-electron chi connectivity index (χ2n) is 3.17. The first-order chi connectivity index (χ1) is 7.67. The molecular weight excluding hydrogens is 212 g/mol. The SMILES string of the molecule is NNc1cc(NCCCO)cc([N+](=O)[O-])c1. The Morgan fingerprint density at radius 1 is 1.38 bits per heavy atom. The molecule has 0 fully saturated rings. The second-order valence-corrected chi connectivity index (χ2v) is 3.17. The molecule has 88 valence electrons. The first-order valence-corrected chi connectivity index (χ1v) is 4.78. The number of non-ortho nitro benzene ring substituents is 1. The third kappa shape index (κ3) is 3.37. The smallest absolute Gasteiger partial charge is 0.273 e. The summed E-state index contributed by atoms with van der Waals surface area (Å²) >= 11 is 0. The number of anilines is 2. The Morgan fingerprint density at radius 3 is 2.62 bits per heavy atom. The maximum absolute atomic E-state index is 10.6. The lowest BCUT2D eigenvalue weighted by molar-refractivity contribution is -0.384. The molecule has 0 aliphatic rings. The number of aliphatic hydroxyl groups is 1. The summed E-state index contributed by atoms with van der Waals surface area (Å²) in [6, 6.07) is 4.42. The van der Waals surface area contributed by atoms with E-state index in [1.807, 2.05) is 0 Å². The van der Waals surface area contributed by atoms with E-state index in [1.165, 1.54) is 12.1 Å². The number of aliphatic hydroxyl groups excluding tert-OH is 1. The summed E-state index contributed by atoms with van der Waals surface area (Å²) in [4.78, 5) is 10.1. The van der Waals surface area contributed by atoms with Crippen LogP contribution in [0.4, 0.5) is 17.1 Å². The van der Waals surface area contributed by atoms with E-state index in [9.17, 15) is 10.1 Å². The molecule has 0 spiro atoms. The fourth-order valence-corrected chi connectivity index (χ4v) is 1.21. The fourth-order valence-electron chi connectivity index (χ4n) is 1.21. The van der Waals surface area contributed by atoms with Gasteiger partial charge in [0.2, 0.25) is 0 Å². The molecule has 0 atom stereocenters. The van der Waals surface area contributed by atoms with Crippen LogP contribution in [-0.4, -0.2) is 23.2 Å². The molecule has 0 radical (unpaired) electrons. The van der Waals surface area contributed by atoms with Crippen molar-refractivity contribution in [2.75, 3.05) is 23.9 Å². The largest absolute Gasteiger partial charge is 0.396 e. The Balaban J connectivity index is 2.82. The van der Waals surface area contributed by atoms with Crippen molar-refractivity contribution >= 4 is 17.1 Å². The average Bonchev–Trinajstić information content (AvgIpc) is 2.29. The van der Waals surface area contributed by atoms with Crippen molar-refractivity contribution < 1.29 is 10.0 Å². The minimum atomic E-state index is -0.488. The highest BCUT2D eigenvalue weighted by molar-refractivity contribution is 5.63. The molecule has 0 aliphatic heterocycles. The van der Waals surface area contributed by atoms with Gasteiger partial charge in [0.1, 0.15) is 0 Å².